The molecule has 3 heterocycles. The van der Waals surface area contributed by atoms with Gasteiger partial charge in [0.25, 0.3) is 0 Å². The van der Waals surface area contributed by atoms with E-state index in [9.17, 15) is 0 Å². The molecule has 2 aliphatic heterocycles. The van der Waals surface area contributed by atoms with Crippen LogP contribution in [-0.2, 0) is 6.54 Å². The molecule has 0 radical (unpaired) electrons. The number of aromatic nitrogens is 2. The van der Waals surface area contributed by atoms with Gasteiger partial charge in [-0.1, -0.05) is 6.42 Å². The smallest absolute Gasteiger partial charge is 0.0562 e. The second-order valence-electron chi connectivity index (χ2n) is 5.99. The van der Waals surface area contributed by atoms with Gasteiger partial charge in [0.2, 0.25) is 0 Å². The van der Waals surface area contributed by atoms with E-state index in [0.717, 1.165) is 6.54 Å². The van der Waals surface area contributed by atoms with Crippen LogP contribution in [0, 0.1) is 0 Å². The Labute approximate surface area is 109 Å². The first-order valence-electron chi connectivity index (χ1n) is 7.24. The van der Waals surface area contributed by atoms with Gasteiger partial charge in [0, 0.05) is 36.6 Å². The number of rotatable bonds is 3. The standard InChI is InChI=1S/C14H24N4/c1-11(10-17-7-3-6-16-17)18-13-4-2-5-14(18)9-12(15)8-13/h3,6-7,11-14H,2,4-5,8-10,15H2,1H3. The molecule has 0 saturated carbocycles. The molecule has 2 N–H and O–H groups in total. The Hall–Kier alpha value is -0.870. The third-order valence-corrected chi connectivity index (χ3v) is 4.59. The fourth-order valence-corrected chi connectivity index (χ4v) is 3.95. The second kappa shape index (κ2) is 5.02. The molecule has 2 fully saturated rings. The van der Waals surface area contributed by atoms with Gasteiger partial charge in [0.1, 0.15) is 0 Å². The number of piperidine rings is 2. The molecule has 4 nitrogen and oxygen atoms in total. The highest BCUT2D eigenvalue weighted by Gasteiger charge is 2.39. The van der Waals surface area contributed by atoms with Crippen LogP contribution in [0.15, 0.2) is 18.5 Å². The monoisotopic (exact) mass is 248 g/mol. The van der Waals surface area contributed by atoms with Gasteiger partial charge in [-0.2, -0.15) is 5.10 Å². The van der Waals surface area contributed by atoms with Crippen molar-refractivity contribution in [3.8, 4) is 0 Å². The third-order valence-electron chi connectivity index (χ3n) is 4.59. The van der Waals surface area contributed by atoms with Crippen molar-refractivity contribution in [3.05, 3.63) is 18.5 Å². The van der Waals surface area contributed by atoms with Crippen LogP contribution in [0.1, 0.15) is 39.0 Å². The van der Waals surface area contributed by atoms with E-state index in [0.29, 0.717) is 24.2 Å². The summed E-state index contributed by atoms with van der Waals surface area (Å²) in [5.41, 5.74) is 6.18. The summed E-state index contributed by atoms with van der Waals surface area (Å²) >= 11 is 0. The third kappa shape index (κ3) is 2.31. The van der Waals surface area contributed by atoms with Crippen LogP contribution in [0.5, 0.6) is 0 Å². The molecule has 100 valence electrons. The Kier molecular flexibility index (Phi) is 3.39. The minimum atomic E-state index is 0.424. The predicted molar refractivity (Wildman–Crippen MR) is 72.2 cm³/mol. The van der Waals surface area contributed by atoms with Crippen molar-refractivity contribution in [2.45, 2.75) is 69.7 Å². The number of nitrogens with zero attached hydrogens (tertiary/aromatic N) is 3. The summed E-state index contributed by atoms with van der Waals surface area (Å²) in [7, 11) is 0. The van der Waals surface area contributed by atoms with E-state index in [1.807, 2.05) is 12.3 Å². The minimum Gasteiger partial charge on any atom is -0.328 e. The molecule has 18 heavy (non-hydrogen) atoms. The molecule has 0 aliphatic carbocycles. The zero-order chi connectivity index (χ0) is 12.5. The van der Waals surface area contributed by atoms with Crippen molar-refractivity contribution < 1.29 is 0 Å². The number of hydrogen-bond acceptors (Lipinski definition) is 3. The minimum absolute atomic E-state index is 0.424. The first kappa shape index (κ1) is 12.2. The number of hydrogen-bond donors (Lipinski definition) is 1. The molecular formula is C14H24N4. The van der Waals surface area contributed by atoms with Gasteiger partial charge in [-0.15, -0.1) is 0 Å². The summed E-state index contributed by atoms with van der Waals surface area (Å²) in [6, 6.07) is 4.40. The lowest BCUT2D eigenvalue weighted by atomic mass is 9.81. The van der Waals surface area contributed by atoms with Gasteiger partial charge in [-0.3, -0.25) is 9.58 Å². The molecule has 2 aliphatic rings. The van der Waals surface area contributed by atoms with E-state index in [2.05, 4.69) is 27.8 Å². The summed E-state index contributed by atoms with van der Waals surface area (Å²) in [6.45, 7) is 3.33. The maximum Gasteiger partial charge on any atom is 0.0562 e. The molecular weight excluding hydrogens is 224 g/mol. The molecule has 1 aromatic rings. The summed E-state index contributed by atoms with van der Waals surface area (Å²) in [6.07, 6.45) is 10.3. The highest BCUT2D eigenvalue weighted by Crippen LogP contribution is 2.35. The lowest BCUT2D eigenvalue weighted by Gasteiger charge is -2.51. The molecule has 2 saturated heterocycles. The van der Waals surface area contributed by atoms with Crippen LogP contribution in [0.2, 0.25) is 0 Å². The maximum absolute atomic E-state index is 6.18. The van der Waals surface area contributed by atoms with Gasteiger partial charge in [0.05, 0.1) is 6.54 Å². The lowest BCUT2D eigenvalue weighted by molar-refractivity contribution is -0.00573. The van der Waals surface area contributed by atoms with Crippen LogP contribution in [0.4, 0.5) is 0 Å². The Balaban J connectivity index is 1.70. The van der Waals surface area contributed by atoms with Gasteiger partial charge in [0.15, 0.2) is 0 Å². The highest BCUT2D eigenvalue weighted by molar-refractivity contribution is 4.96. The van der Waals surface area contributed by atoms with Crippen molar-refractivity contribution in [1.29, 1.82) is 0 Å². The SMILES string of the molecule is CC(Cn1cccn1)N1C2CCCC1CC(N)C2. The van der Waals surface area contributed by atoms with Crippen molar-refractivity contribution in [1.82, 2.24) is 14.7 Å². The maximum atomic E-state index is 6.18. The predicted octanol–water partition coefficient (Wildman–Crippen LogP) is 1.62. The van der Waals surface area contributed by atoms with Crippen LogP contribution >= 0.6 is 0 Å². The molecule has 0 spiro atoms. The highest BCUT2D eigenvalue weighted by atomic mass is 15.3. The largest absolute Gasteiger partial charge is 0.328 e. The van der Waals surface area contributed by atoms with E-state index >= 15 is 0 Å². The Morgan fingerprint density at radius 1 is 1.33 bits per heavy atom. The van der Waals surface area contributed by atoms with Crippen LogP contribution in [0.3, 0.4) is 0 Å². The summed E-state index contributed by atoms with van der Waals surface area (Å²) in [4.78, 5) is 2.73. The number of nitrogens with two attached hydrogens (primary N) is 1. The Bertz CT molecular complexity index is 361. The molecule has 3 rings (SSSR count). The van der Waals surface area contributed by atoms with Crippen molar-refractivity contribution in [2.75, 3.05) is 0 Å². The van der Waals surface area contributed by atoms with Crippen molar-refractivity contribution in [3.63, 3.8) is 0 Å². The first-order chi connectivity index (χ1) is 8.74. The van der Waals surface area contributed by atoms with E-state index in [-0.39, 0.29) is 0 Å². The van der Waals surface area contributed by atoms with Gasteiger partial charge in [-0.05, 0) is 38.7 Å². The number of fused-ring (bicyclic) bond motifs is 2. The zero-order valence-electron chi connectivity index (χ0n) is 11.2. The second-order valence-corrected chi connectivity index (χ2v) is 5.99. The topological polar surface area (TPSA) is 47.1 Å². The van der Waals surface area contributed by atoms with Crippen LogP contribution in [0.25, 0.3) is 0 Å². The van der Waals surface area contributed by atoms with Crippen molar-refractivity contribution in [2.24, 2.45) is 5.73 Å². The van der Waals surface area contributed by atoms with E-state index in [4.69, 9.17) is 5.73 Å². The van der Waals surface area contributed by atoms with E-state index < -0.39 is 0 Å². The summed E-state index contributed by atoms with van der Waals surface area (Å²) in [5.74, 6) is 0. The first-order valence-corrected chi connectivity index (χ1v) is 7.24. The fraction of sp³-hybridized carbons (Fsp3) is 0.786. The normalized spacial score (nSPS) is 34.4. The molecule has 2 bridgehead atoms. The molecule has 0 aromatic carbocycles. The summed E-state index contributed by atoms with van der Waals surface area (Å²) in [5, 5.41) is 4.33. The molecule has 4 heteroatoms. The van der Waals surface area contributed by atoms with Crippen LogP contribution < -0.4 is 5.73 Å². The zero-order valence-corrected chi connectivity index (χ0v) is 11.2. The lowest BCUT2D eigenvalue weighted by Crippen LogP contribution is -2.58. The van der Waals surface area contributed by atoms with Gasteiger partial charge < -0.3 is 5.73 Å². The fourth-order valence-electron chi connectivity index (χ4n) is 3.95. The van der Waals surface area contributed by atoms with E-state index in [1.54, 1.807) is 0 Å². The molecule has 1 aromatic heterocycles. The molecule has 3 atom stereocenters. The quantitative estimate of drug-likeness (QED) is 0.884. The average Bonchev–Trinajstić information content (AvgIpc) is 2.80. The van der Waals surface area contributed by atoms with Gasteiger partial charge in [-0.25, -0.2) is 0 Å². The molecule has 3 unspecified atom stereocenters. The van der Waals surface area contributed by atoms with Crippen LogP contribution in [-0.4, -0.2) is 38.8 Å². The summed E-state index contributed by atoms with van der Waals surface area (Å²) < 4.78 is 2.05. The average molecular weight is 248 g/mol. The Morgan fingerprint density at radius 3 is 2.67 bits per heavy atom. The van der Waals surface area contributed by atoms with E-state index in [1.165, 1.54) is 32.1 Å². The van der Waals surface area contributed by atoms with Crippen molar-refractivity contribution >= 4 is 0 Å². The Morgan fingerprint density at radius 2 is 2.06 bits per heavy atom. The molecule has 0 amide bonds. The van der Waals surface area contributed by atoms with Gasteiger partial charge >= 0.3 is 0 Å².